The lowest BCUT2D eigenvalue weighted by molar-refractivity contribution is 0.102. The molecule has 35 heavy (non-hydrogen) atoms. The molecule has 6 aromatic rings. The van der Waals surface area contributed by atoms with Crippen LogP contribution in [0.25, 0.3) is 33.2 Å². The number of rotatable bonds is 5. The van der Waals surface area contributed by atoms with Crippen molar-refractivity contribution in [2.45, 2.75) is 0 Å². The highest BCUT2D eigenvalue weighted by Crippen LogP contribution is 2.35. The van der Waals surface area contributed by atoms with E-state index in [4.69, 9.17) is 4.42 Å². The summed E-state index contributed by atoms with van der Waals surface area (Å²) in [6.45, 7) is 0. The zero-order valence-corrected chi connectivity index (χ0v) is 18.6. The van der Waals surface area contributed by atoms with Crippen LogP contribution in [0.15, 0.2) is 114 Å². The van der Waals surface area contributed by atoms with Crippen LogP contribution in [0, 0.1) is 0 Å². The minimum absolute atomic E-state index is 0.147. The van der Waals surface area contributed by atoms with E-state index >= 15 is 0 Å². The van der Waals surface area contributed by atoms with E-state index in [-0.39, 0.29) is 5.91 Å². The van der Waals surface area contributed by atoms with Gasteiger partial charge in [-0.2, -0.15) is 0 Å². The van der Waals surface area contributed by atoms with Gasteiger partial charge in [-0.25, -0.2) is 9.97 Å². The molecule has 0 unspecified atom stereocenters. The fraction of sp³-hybridized carbons (Fsp3) is 0. The summed E-state index contributed by atoms with van der Waals surface area (Å²) >= 11 is 0. The van der Waals surface area contributed by atoms with Gasteiger partial charge in [0.2, 0.25) is 0 Å². The van der Waals surface area contributed by atoms with Gasteiger partial charge in [0.05, 0.1) is 5.69 Å². The largest absolute Gasteiger partial charge is 0.455 e. The Bertz CT molecular complexity index is 1660. The summed E-state index contributed by atoms with van der Waals surface area (Å²) < 4.78 is 6.16. The Morgan fingerprint density at radius 2 is 1.46 bits per heavy atom. The highest BCUT2D eigenvalue weighted by Gasteiger charge is 2.13. The second kappa shape index (κ2) is 8.76. The Balaban J connectivity index is 1.24. The van der Waals surface area contributed by atoms with Crippen molar-refractivity contribution in [1.82, 2.24) is 9.97 Å². The summed E-state index contributed by atoms with van der Waals surface area (Å²) in [5.41, 5.74) is 5.49. The first-order chi connectivity index (χ1) is 17.2. The third-order valence-electron chi connectivity index (χ3n) is 5.80. The van der Waals surface area contributed by atoms with Gasteiger partial charge in [-0.15, -0.1) is 0 Å². The molecule has 0 radical (unpaired) electrons. The van der Waals surface area contributed by atoms with Gasteiger partial charge in [0, 0.05) is 39.3 Å². The van der Waals surface area contributed by atoms with Crippen molar-refractivity contribution < 1.29 is 9.21 Å². The van der Waals surface area contributed by atoms with Crippen LogP contribution in [0.2, 0.25) is 0 Å². The molecule has 0 saturated carbocycles. The van der Waals surface area contributed by atoms with Gasteiger partial charge >= 0.3 is 0 Å². The molecule has 168 valence electrons. The zero-order valence-electron chi connectivity index (χ0n) is 18.6. The Kier molecular flexibility index (Phi) is 5.16. The van der Waals surface area contributed by atoms with Crippen molar-refractivity contribution in [1.29, 1.82) is 0 Å². The topological polar surface area (TPSA) is 80.0 Å². The third kappa shape index (κ3) is 4.09. The molecule has 0 spiro atoms. The number of amides is 1. The summed E-state index contributed by atoms with van der Waals surface area (Å²) in [7, 11) is 0. The van der Waals surface area contributed by atoms with E-state index in [0.29, 0.717) is 17.1 Å². The Hall–Kier alpha value is -4.97. The molecular weight excluding hydrogens is 436 g/mol. The predicted molar refractivity (Wildman–Crippen MR) is 139 cm³/mol. The lowest BCUT2D eigenvalue weighted by Gasteiger charge is -2.09. The van der Waals surface area contributed by atoms with Crippen LogP contribution in [0.4, 0.5) is 17.2 Å². The number of para-hydroxylation sites is 2. The molecule has 6 nitrogen and oxygen atoms in total. The maximum absolute atomic E-state index is 12.4. The maximum atomic E-state index is 12.4. The first kappa shape index (κ1) is 20.6. The van der Waals surface area contributed by atoms with Gasteiger partial charge in [0.25, 0.3) is 5.91 Å². The van der Waals surface area contributed by atoms with Crippen LogP contribution in [0.1, 0.15) is 10.4 Å². The van der Waals surface area contributed by atoms with Crippen molar-refractivity contribution in [3.63, 3.8) is 0 Å². The van der Waals surface area contributed by atoms with Crippen LogP contribution in [-0.2, 0) is 0 Å². The number of hydrogen-bond acceptors (Lipinski definition) is 5. The first-order valence-electron chi connectivity index (χ1n) is 11.2. The highest BCUT2D eigenvalue weighted by molar-refractivity contribution is 6.09. The van der Waals surface area contributed by atoms with Crippen LogP contribution in [0.5, 0.6) is 0 Å². The number of furan rings is 1. The monoisotopic (exact) mass is 456 g/mol. The van der Waals surface area contributed by atoms with Gasteiger partial charge in [-0.3, -0.25) is 4.79 Å². The number of carbonyl (C=O) groups excluding carboxylic acids is 1. The first-order valence-corrected chi connectivity index (χ1v) is 11.2. The minimum atomic E-state index is -0.147. The minimum Gasteiger partial charge on any atom is -0.455 e. The lowest BCUT2D eigenvalue weighted by Crippen LogP contribution is -2.11. The number of aromatic nitrogens is 2. The molecule has 2 heterocycles. The molecule has 4 aromatic carbocycles. The Morgan fingerprint density at radius 3 is 2.31 bits per heavy atom. The number of benzene rings is 4. The number of nitrogens with zero attached hydrogens (tertiary/aromatic N) is 2. The molecule has 0 atom stereocenters. The molecule has 0 fully saturated rings. The van der Waals surface area contributed by atoms with E-state index < -0.39 is 0 Å². The number of nitrogens with one attached hydrogen (secondary N) is 2. The van der Waals surface area contributed by atoms with Crippen molar-refractivity contribution >= 4 is 45.0 Å². The van der Waals surface area contributed by atoms with E-state index in [1.807, 2.05) is 78.9 Å². The van der Waals surface area contributed by atoms with Gasteiger partial charge in [-0.1, -0.05) is 48.5 Å². The molecule has 0 aliphatic rings. The summed E-state index contributed by atoms with van der Waals surface area (Å²) in [6, 6.07) is 32.6. The quantitative estimate of drug-likeness (QED) is 0.291. The maximum Gasteiger partial charge on any atom is 0.255 e. The van der Waals surface area contributed by atoms with Crippen LogP contribution in [0.3, 0.4) is 0 Å². The molecule has 6 rings (SSSR count). The van der Waals surface area contributed by atoms with E-state index in [2.05, 4.69) is 32.7 Å². The summed E-state index contributed by atoms with van der Waals surface area (Å²) in [6.07, 6.45) is 1.54. The fourth-order valence-corrected chi connectivity index (χ4v) is 4.10. The van der Waals surface area contributed by atoms with Crippen molar-refractivity contribution in [3.05, 3.63) is 115 Å². The van der Waals surface area contributed by atoms with E-state index in [9.17, 15) is 4.79 Å². The molecule has 0 aliphatic heterocycles. The fourth-order valence-electron chi connectivity index (χ4n) is 4.10. The summed E-state index contributed by atoms with van der Waals surface area (Å²) in [5.74, 6) is 0.510. The predicted octanol–water partition coefficient (Wildman–Crippen LogP) is 7.04. The summed E-state index contributed by atoms with van der Waals surface area (Å²) in [5, 5.41) is 8.35. The van der Waals surface area contributed by atoms with E-state index in [1.54, 1.807) is 12.1 Å². The van der Waals surface area contributed by atoms with Crippen LogP contribution >= 0.6 is 0 Å². The molecule has 1 amide bonds. The smallest absolute Gasteiger partial charge is 0.255 e. The molecule has 2 N–H and O–H groups in total. The SMILES string of the molecule is O=C(Nc1ccc(Nc2cc(-c3cccc4c3oc3ccccc34)ncn2)cc1)c1ccccc1. The second-order valence-electron chi connectivity index (χ2n) is 8.09. The van der Waals surface area contributed by atoms with Gasteiger partial charge in [-0.05, 0) is 48.5 Å². The molecular formula is C29H20N4O2. The molecule has 2 aromatic heterocycles. The number of hydrogen-bond donors (Lipinski definition) is 2. The average molecular weight is 457 g/mol. The highest BCUT2D eigenvalue weighted by atomic mass is 16.3. The molecule has 6 heteroatoms. The normalized spacial score (nSPS) is 11.0. The lowest BCUT2D eigenvalue weighted by atomic mass is 10.1. The molecule has 0 saturated heterocycles. The van der Waals surface area contributed by atoms with Crippen molar-refractivity contribution in [2.75, 3.05) is 10.6 Å². The molecule has 0 bridgehead atoms. The molecule has 0 aliphatic carbocycles. The van der Waals surface area contributed by atoms with E-state index in [1.165, 1.54) is 6.33 Å². The third-order valence-corrected chi connectivity index (χ3v) is 5.80. The van der Waals surface area contributed by atoms with Crippen molar-refractivity contribution in [2.24, 2.45) is 0 Å². The van der Waals surface area contributed by atoms with Gasteiger partial charge in [0.15, 0.2) is 0 Å². The summed E-state index contributed by atoms with van der Waals surface area (Å²) in [4.78, 5) is 21.2. The van der Waals surface area contributed by atoms with Crippen molar-refractivity contribution in [3.8, 4) is 11.3 Å². The standard InChI is InChI=1S/C29H20N4O2/c34-29(19-7-2-1-3-8-19)33-21-15-13-20(14-16-21)32-27-17-25(30-18-31-27)24-11-6-10-23-22-9-4-5-12-26(22)35-28(23)24/h1-18H,(H,33,34)(H,30,31,32). The van der Waals surface area contributed by atoms with Crippen LogP contribution < -0.4 is 10.6 Å². The second-order valence-corrected chi connectivity index (χ2v) is 8.09. The number of carbonyl (C=O) groups is 1. The zero-order chi connectivity index (χ0) is 23.6. The Labute approximate surface area is 201 Å². The average Bonchev–Trinajstić information content (AvgIpc) is 3.29. The number of anilines is 3. The van der Waals surface area contributed by atoms with E-state index in [0.717, 1.165) is 38.9 Å². The number of fused-ring (bicyclic) bond motifs is 3. The van der Waals surface area contributed by atoms with Crippen LogP contribution in [-0.4, -0.2) is 15.9 Å². The van der Waals surface area contributed by atoms with Gasteiger partial charge in [0.1, 0.15) is 23.3 Å². The van der Waals surface area contributed by atoms with Gasteiger partial charge < -0.3 is 15.1 Å². The Morgan fingerprint density at radius 1 is 0.714 bits per heavy atom.